The van der Waals surface area contributed by atoms with E-state index in [2.05, 4.69) is 23.7 Å². The van der Waals surface area contributed by atoms with Crippen LogP contribution in [0.15, 0.2) is 0 Å². The minimum atomic E-state index is 0.0903. The zero-order valence-electron chi connectivity index (χ0n) is 11.8. The third kappa shape index (κ3) is 4.07. The van der Waals surface area contributed by atoms with E-state index in [1.165, 1.54) is 11.3 Å². The Morgan fingerprint density at radius 2 is 2.17 bits per heavy atom. The lowest BCUT2D eigenvalue weighted by Crippen LogP contribution is -2.30. The lowest BCUT2D eigenvalue weighted by atomic mass is 10.2. The summed E-state index contributed by atoms with van der Waals surface area (Å²) in [5, 5.41) is 0.920. The summed E-state index contributed by atoms with van der Waals surface area (Å²) in [6.45, 7) is 10.2. The molecule has 1 aromatic rings. The van der Waals surface area contributed by atoms with E-state index in [4.69, 9.17) is 4.74 Å². The number of carbonyl (C=O) groups excluding carboxylic acids is 1. The van der Waals surface area contributed by atoms with Crippen LogP contribution in [0.5, 0.6) is 0 Å². The van der Waals surface area contributed by atoms with Gasteiger partial charge in [-0.3, -0.25) is 4.79 Å². The average molecular weight is 270 g/mol. The van der Waals surface area contributed by atoms with Crippen LogP contribution in [-0.2, 0) is 4.74 Å². The van der Waals surface area contributed by atoms with Crippen molar-refractivity contribution in [2.24, 2.45) is 5.92 Å². The number of anilines is 1. The van der Waals surface area contributed by atoms with Crippen molar-refractivity contribution >= 4 is 22.3 Å². The van der Waals surface area contributed by atoms with Gasteiger partial charge in [-0.25, -0.2) is 4.98 Å². The topological polar surface area (TPSA) is 42.4 Å². The highest BCUT2D eigenvalue weighted by molar-refractivity contribution is 7.17. The number of ether oxygens (including phenoxy) is 1. The lowest BCUT2D eigenvalue weighted by Gasteiger charge is -2.23. The van der Waals surface area contributed by atoms with Gasteiger partial charge in [0.15, 0.2) is 10.9 Å². The predicted octanol–water partition coefficient (Wildman–Crippen LogP) is 2.76. The van der Waals surface area contributed by atoms with Gasteiger partial charge in [-0.2, -0.15) is 0 Å². The second-order valence-corrected chi connectivity index (χ2v) is 5.78. The highest BCUT2D eigenvalue weighted by atomic mass is 32.1. The number of aromatic nitrogens is 1. The summed E-state index contributed by atoms with van der Waals surface area (Å²) in [5.41, 5.74) is 0.827. The highest BCUT2D eigenvalue weighted by Gasteiger charge is 2.17. The highest BCUT2D eigenvalue weighted by Crippen LogP contribution is 2.26. The molecule has 1 rings (SSSR count). The number of hydrogen-bond donors (Lipinski definition) is 0. The van der Waals surface area contributed by atoms with Gasteiger partial charge in [0.05, 0.1) is 17.2 Å². The summed E-state index contributed by atoms with van der Waals surface area (Å²) in [6, 6.07) is 0. The molecule has 1 aromatic heterocycles. The van der Waals surface area contributed by atoms with Crippen LogP contribution in [0.4, 0.5) is 5.13 Å². The molecule has 102 valence electrons. The molecule has 0 aliphatic heterocycles. The van der Waals surface area contributed by atoms with Gasteiger partial charge in [0.2, 0.25) is 0 Å². The van der Waals surface area contributed by atoms with Crippen LogP contribution >= 0.6 is 11.3 Å². The van der Waals surface area contributed by atoms with Crippen molar-refractivity contribution in [3.63, 3.8) is 0 Å². The predicted molar refractivity (Wildman–Crippen MR) is 75.8 cm³/mol. The Morgan fingerprint density at radius 3 is 2.61 bits per heavy atom. The molecule has 0 bridgehead atoms. The first-order valence-corrected chi connectivity index (χ1v) is 6.99. The molecule has 0 unspecified atom stereocenters. The van der Waals surface area contributed by atoms with Crippen LogP contribution in [0.3, 0.4) is 0 Å². The van der Waals surface area contributed by atoms with Gasteiger partial charge < -0.3 is 9.64 Å². The van der Waals surface area contributed by atoms with E-state index in [-0.39, 0.29) is 5.78 Å². The Kier molecular flexibility index (Phi) is 5.75. The summed E-state index contributed by atoms with van der Waals surface area (Å²) in [7, 11) is 1.70. The van der Waals surface area contributed by atoms with Gasteiger partial charge >= 0.3 is 0 Å². The zero-order valence-corrected chi connectivity index (χ0v) is 12.6. The molecule has 0 N–H and O–H groups in total. The third-order valence-corrected chi connectivity index (χ3v) is 3.85. The van der Waals surface area contributed by atoms with Crippen molar-refractivity contribution < 1.29 is 9.53 Å². The fourth-order valence-electron chi connectivity index (χ4n) is 1.75. The SMILES string of the molecule is COCCN(CC(C)C)c1nc(C)c(C(C)=O)s1. The van der Waals surface area contributed by atoms with Gasteiger partial charge in [-0.1, -0.05) is 25.2 Å². The van der Waals surface area contributed by atoms with E-state index in [1.54, 1.807) is 14.0 Å². The maximum Gasteiger partial charge on any atom is 0.186 e. The molecule has 4 nitrogen and oxygen atoms in total. The molecule has 0 saturated heterocycles. The first-order valence-electron chi connectivity index (χ1n) is 6.18. The molecule has 18 heavy (non-hydrogen) atoms. The van der Waals surface area contributed by atoms with E-state index in [1.807, 2.05) is 6.92 Å². The van der Waals surface area contributed by atoms with Crippen LogP contribution < -0.4 is 4.90 Å². The minimum Gasteiger partial charge on any atom is -0.383 e. The second-order valence-electron chi connectivity index (χ2n) is 4.80. The molecule has 0 amide bonds. The van der Waals surface area contributed by atoms with Crippen molar-refractivity contribution in [1.82, 2.24) is 4.98 Å². The van der Waals surface area contributed by atoms with Crippen LogP contribution in [0.2, 0.25) is 0 Å². The maximum absolute atomic E-state index is 11.5. The fraction of sp³-hybridized carbons (Fsp3) is 0.692. The van der Waals surface area contributed by atoms with Crippen molar-refractivity contribution in [3.8, 4) is 0 Å². The largest absolute Gasteiger partial charge is 0.383 e. The average Bonchev–Trinajstić information content (AvgIpc) is 2.66. The minimum absolute atomic E-state index is 0.0903. The Bertz CT molecular complexity index is 402. The molecule has 5 heteroatoms. The first-order chi connectivity index (χ1) is 8.45. The first kappa shape index (κ1) is 15.1. The van der Waals surface area contributed by atoms with E-state index < -0.39 is 0 Å². The van der Waals surface area contributed by atoms with Gasteiger partial charge in [0, 0.05) is 27.1 Å². The monoisotopic (exact) mass is 270 g/mol. The third-order valence-electron chi connectivity index (χ3n) is 2.53. The molecule has 0 radical (unpaired) electrons. The van der Waals surface area contributed by atoms with Crippen molar-refractivity contribution in [2.75, 3.05) is 31.7 Å². The molecule has 1 heterocycles. The molecule has 0 fully saturated rings. The Labute approximate surface area is 113 Å². The zero-order chi connectivity index (χ0) is 13.7. The molecule has 0 saturated carbocycles. The van der Waals surface area contributed by atoms with Gasteiger partial charge in [0.1, 0.15) is 0 Å². The fourth-order valence-corrected chi connectivity index (χ4v) is 2.75. The summed E-state index contributed by atoms with van der Waals surface area (Å²) in [4.78, 5) is 18.9. The van der Waals surface area contributed by atoms with Gasteiger partial charge in [0.25, 0.3) is 0 Å². The summed E-state index contributed by atoms with van der Waals surface area (Å²) < 4.78 is 5.13. The summed E-state index contributed by atoms with van der Waals surface area (Å²) in [5.74, 6) is 0.638. The number of methoxy groups -OCH3 is 1. The molecule has 0 atom stereocenters. The Hall–Kier alpha value is -0.940. The molecule has 0 spiro atoms. The summed E-state index contributed by atoms with van der Waals surface area (Å²) >= 11 is 1.48. The molecule has 0 aromatic carbocycles. The van der Waals surface area contributed by atoms with Crippen LogP contribution in [0, 0.1) is 12.8 Å². The second kappa shape index (κ2) is 6.85. The van der Waals surface area contributed by atoms with E-state index in [9.17, 15) is 4.79 Å². The smallest absolute Gasteiger partial charge is 0.186 e. The molecular weight excluding hydrogens is 248 g/mol. The quantitative estimate of drug-likeness (QED) is 0.715. The van der Waals surface area contributed by atoms with E-state index >= 15 is 0 Å². The number of carbonyl (C=O) groups is 1. The van der Waals surface area contributed by atoms with Crippen molar-refractivity contribution in [1.29, 1.82) is 0 Å². The Morgan fingerprint density at radius 1 is 1.50 bits per heavy atom. The number of Topliss-reactive ketones (excluding diaryl/α,β-unsaturated/α-hetero) is 1. The number of rotatable bonds is 7. The molecule has 0 aliphatic rings. The normalized spacial score (nSPS) is 11.0. The van der Waals surface area contributed by atoms with Crippen LogP contribution in [0.1, 0.15) is 36.1 Å². The number of hydrogen-bond acceptors (Lipinski definition) is 5. The van der Waals surface area contributed by atoms with Gasteiger partial charge in [-0.05, 0) is 12.8 Å². The van der Waals surface area contributed by atoms with E-state index in [0.29, 0.717) is 12.5 Å². The van der Waals surface area contributed by atoms with Crippen LogP contribution in [-0.4, -0.2) is 37.6 Å². The van der Waals surface area contributed by atoms with Crippen LogP contribution in [0.25, 0.3) is 0 Å². The van der Waals surface area contributed by atoms with Crippen molar-refractivity contribution in [2.45, 2.75) is 27.7 Å². The number of ketones is 1. The number of thiazole rings is 1. The maximum atomic E-state index is 11.5. The molecular formula is C13H22N2O2S. The summed E-state index contributed by atoms with van der Waals surface area (Å²) in [6.07, 6.45) is 0. The van der Waals surface area contributed by atoms with Gasteiger partial charge in [-0.15, -0.1) is 0 Å². The molecule has 0 aliphatic carbocycles. The Balaban J connectivity index is 2.90. The van der Waals surface area contributed by atoms with E-state index in [0.717, 1.165) is 28.8 Å². The number of aryl methyl sites for hydroxylation is 1. The lowest BCUT2D eigenvalue weighted by molar-refractivity contribution is 0.102. The van der Waals surface area contributed by atoms with Crippen molar-refractivity contribution in [3.05, 3.63) is 10.6 Å². The number of nitrogens with zero attached hydrogens (tertiary/aromatic N) is 2. The standard InChI is InChI=1S/C13H22N2O2S/c1-9(2)8-15(6-7-17-5)13-14-10(3)12(18-13)11(4)16/h9H,6-8H2,1-5H3.